The zero-order valence-corrected chi connectivity index (χ0v) is 12.5. The van der Waals surface area contributed by atoms with Gasteiger partial charge in [-0.05, 0) is 30.5 Å². The van der Waals surface area contributed by atoms with Gasteiger partial charge in [0.15, 0.2) is 0 Å². The van der Waals surface area contributed by atoms with Gasteiger partial charge in [-0.25, -0.2) is 0 Å². The summed E-state index contributed by atoms with van der Waals surface area (Å²) in [5, 5.41) is 12.6. The monoisotopic (exact) mass is 290 g/mol. The van der Waals surface area contributed by atoms with Crippen LogP contribution in [0.15, 0.2) is 24.3 Å². The van der Waals surface area contributed by atoms with E-state index in [0.29, 0.717) is 17.1 Å². The van der Waals surface area contributed by atoms with Gasteiger partial charge in [-0.1, -0.05) is 37.6 Å². The minimum absolute atomic E-state index is 0.0278. The third kappa shape index (κ3) is 3.02. The highest BCUT2D eigenvalue weighted by Gasteiger charge is 2.09. The fourth-order valence-corrected chi connectivity index (χ4v) is 2.35. The number of nitrogens with one attached hydrogen (secondary N) is 1. The van der Waals surface area contributed by atoms with Crippen molar-refractivity contribution in [3.8, 4) is 0 Å². The standard InChI is InChI=1S/C15H19ClN4/c1-3-12-8-13(4-2)20(19-12)9-11-6-5-10(15(17)18)7-14(11)16/h5-8H,3-4,9H2,1-2H3,(H3,17,18). The SMILES string of the molecule is CCc1cc(CC)n(Cc2ccc(C(=N)N)cc2Cl)n1. The molecule has 0 fully saturated rings. The summed E-state index contributed by atoms with van der Waals surface area (Å²) in [7, 11) is 0. The summed E-state index contributed by atoms with van der Waals surface area (Å²) in [5.41, 5.74) is 9.38. The molecule has 20 heavy (non-hydrogen) atoms. The van der Waals surface area contributed by atoms with Gasteiger partial charge >= 0.3 is 0 Å². The van der Waals surface area contributed by atoms with E-state index in [1.807, 2.05) is 16.8 Å². The molecule has 2 aromatic rings. The van der Waals surface area contributed by atoms with Gasteiger partial charge in [0, 0.05) is 16.3 Å². The lowest BCUT2D eigenvalue weighted by molar-refractivity contribution is 0.640. The van der Waals surface area contributed by atoms with Crippen molar-refractivity contribution in [2.75, 3.05) is 0 Å². The molecular formula is C15H19ClN4. The topological polar surface area (TPSA) is 67.7 Å². The Hall–Kier alpha value is -1.81. The molecule has 0 radical (unpaired) electrons. The third-order valence-corrected chi connectivity index (χ3v) is 3.67. The Morgan fingerprint density at radius 2 is 2.05 bits per heavy atom. The Morgan fingerprint density at radius 1 is 1.30 bits per heavy atom. The molecule has 1 aromatic carbocycles. The first-order valence-electron chi connectivity index (χ1n) is 6.73. The van der Waals surface area contributed by atoms with Crippen molar-refractivity contribution in [3.05, 3.63) is 51.8 Å². The van der Waals surface area contributed by atoms with E-state index < -0.39 is 0 Å². The second-order valence-corrected chi connectivity index (χ2v) is 5.12. The lowest BCUT2D eigenvalue weighted by Crippen LogP contribution is -2.12. The first-order chi connectivity index (χ1) is 9.55. The molecule has 0 spiro atoms. The Morgan fingerprint density at radius 3 is 2.60 bits per heavy atom. The fraction of sp³-hybridized carbons (Fsp3) is 0.333. The number of aryl methyl sites for hydroxylation is 2. The summed E-state index contributed by atoms with van der Waals surface area (Å²) >= 11 is 6.27. The number of nitrogen functional groups attached to an aromatic ring is 1. The smallest absolute Gasteiger partial charge is 0.122 e. The van der Waals surface area contributed by atoms with Crippen LogP contribution in [0, 0.1) is 5.41 Å². The minimum atomic E-state index is 0.0278. The van der Waals surface area contributed by atoms with E-state index in [-0.39, 0.29) is 5.84 Å². The molecule has 0 aliphatic carbocycles. The van der Waals surface area contributed by atoms with Crippen LogP contribution in [0.4, 0.5) is 0 Å². The van der Waals surface area contributed by atoms with Gasteiger partial charge in [0.1, 0.15) is 5.84 Å². The average molecular weight is 291 g/mol. The van der Waals surface area contributed by atoms with Gasteiger partial charge in [-0.2, -0.15) is 5.10 Å². The molecule has 0 saturated carbocycles. The van der Waals surface area contributed by atoms with E-state index in [2.05, 4.69) is 25.0 Å². The Kier molecular flexibility index (Phi) is 4.45. The predicted octanol–water partition coefficient (Wildman–Crippen LogP) is 2.99. The third-order valence-electron chi connectivity index (χ3n) is 3.32. The van der Waals surface area contributed by atoms with Gasteiger partial charge in [-0.15, -0.1) is 0 Å². The maximum atomic E-state index is 7.42. The number of nitrogens with two attached hydrogens (primary N) is 1. The molecule has 0 bridgehead atoms. The number of rotatable bonds is 5. The van der Waals surface area contributed by atoms with Crippen LogP contribution in [0.1, 0.15) is 36.4 Å². The summed E-state index contributed by atoms with van der Waals surface area (Å²) in [4.78, 5) is 0. The van der Waals surface area contributed by atoms with E-state index in [1.54, 1.807) is 6.07 Å². The van der Waals surface area contributed by atoms with Crippen molar-refractivity contribution >= 4 is 17.4 Å². The first kappa shape index (κ1) is 14.6. The Balaban J connectivity index is 2.30. The number of nitrogens with zero attached hydrogens (tertiary/aromatic N) is 2. The van der Waals surface area contributed by atoms with Crippen molar-refractivity contribution in [1.29, 1.82) is 5.41 Å². The Labute approximate surface area is 124 Å². The highest BCUT2D eigenvalue weighted by atomic mass is 35.5. The maximum absolute atomic E-state index is 7.42. The minimum Gasteiger partial charge on any atom is -0.384 e. The van der Waals surface area contributed by atoms with Crippen LogP contribution in [0.25, 0.3) is 0 Å². The molecule has 1 heterocycles. The second-order valence-electron chi connectivity index (χ2n) is 4.71. The van der Waals surface area contributed by atoms with Gasteiger partial charge in [0.05, 0.1) is 12.2 Å². The Bertz CT molecular complexity index is 631. The number of hydrogen-bond acceptors (Lipinski definition) is 2. The maximum Gasteiger partial charge on any atom is 0.122 e. The number of amidine groups is 1. The fourth-order valence-electron chi connectivity index (χ4n) is 2.11. The van der Waals surface area contributed by atoms with Crippen LogP contribution >= 0.6 is 11.6 Å². The largest absolute Gasteiger partial charge is 0.384 e. The highest BCUT2D eigenvalue weighted by Crippen LogP contribution is 2.20. The average Bonchev–Trinajstić information content (AvgIpc) is 2.83. The molecule has 0 atom stereocenters. The second kappa shape index (κ2) is 6.09. The van der Waals surface area contributed by atoms with Crippen LogP contribution in [-0.4, -0.2) is 15.6 Å². The summed E-state index contributed by atoms with van der Waals surface area (Å²) in [6, 6.07) is 7.60. The molecular weight excluding hydrogens is 272 g/mol. The van der Waals surface area contributed by atoms with Gasteiger partial charge < -0.3 is 5.73 Å². The van der Waals surface area contributed by atoms with E-state index in [9.17, 15) is 0 Å². The molecule has 0 saturated heterocycles. The number of hydrogen-bond donors (Lipinski definition) is 2. The summed E-state index contributed by atoms with van der Waals surface area (Å²) < 4.78 is 1.99. The number of aromatic nitrogens is 2. The van der Waals surface area contributed by atoms with Crippen molar-refractivity contribution in [2.45, 2.75) is 33.2 Å². The quantitative estimate of drug-likeness (QED) is 0.656. The molecule has 1 aromatic heterocycles. The zero-order chi connectivity index (χ0) is 14.7. The van der Waals surface area contributed by atoms with Crippen molar-refractivity contribution in [3.63, 3.8) is 0 Å². The first-order valence-corrected chi connectivity index (χ1v) is 7.11. The van der Waals surface area contributed by atoms with E-state index in [0.717, 1.165) is 24.1 Å². The molecule has 5 heteroatoms. The summed E-state index contributed by atoms with van der Waals surface area (Å²) in [6.45, 7) is 4.86. The molecule has 0 unspecified atom stereocenters. The molecule has 4 nitrogen and oxygen atoms in total. The lowest BCUT2D eigenvalue weighted by atomic mass is 10.1. The summed E-state index contributed by atoms with van der Waals surface area (Å²) in [5.74, 6) is 0.0278. The van der Waals surface area contributed by atoms with Gasteiger partial charge in [-0.3, -0.25) is 10.1 Å². The molecule has 0 amide bonds. The molecule has 0 aliphatic heterocycles. The van der Waals surface area contributed by atoms with E-state index in [1.165, 1.54) is 5.69 Å². The predicted molar refractivity (Wildman–Crippen MR) is 82.6 cm³/mol. The van der Waals surface area contributed by atoms with Crippen LogP contribution < -0.4 is 5.73 Å². The number of benzene rings is 1. The van der Waals surface area contributed by atoms with Crippen LogP contribution in [0.2, 0.25) is 5.02 Å². The van der Waals surface area contributed by atoms with Gasteiger partial charge in [0.2, 0.25) is 0 Å². The van der Waals surface area contributed by atoms with Gasteiger partial charge in [0.25, 0.3) is 0 Å². The van der Waals surface area contributed by atoms with E-state index >= 15 is 0 Å². The highest BCUT2D eigenvalue weighted by molar-refractivity contribution is 6.31. The van der Waals surface area contributed by atoms with Crippen LogP contribution in [0.3, 0.4) is 0 Å². The van der Waals surface area contributed by atoms with Crippen molar-refractivity contribution in [2.24, 2.45) is 5.73 Å². The summed E-state index contributed by atoms with van der Waals surface area (Å²) in [6.07, 6.45) is 1.87. The zero-order valence-electron chi connectivity index (χ0n) is 11.8. The van der Waals surface area contributed by atoms with Crippen molar-refractivity contribution < 1.29 is 0 Å². The number of halogens is 1. The molecule has 0 aliphatic rings. The molecule has 106 valence electrons. The molecule has 2 rings (SSSR count). The van der Waals surface area contributed by atoms with Crippen LogP contribution in [-0.2, 0) is 19.4 Å². The van der Waals surface area contributed by atoms with E-state index in [4.69, 9.17) is 22.7 Å². The normalized spacial score (nSPS) is 10.8. The molecule has 3 N–H and O–H groups in total. The van der Waals surface area contributed by atoms with Crippen molar-refractivity contribution in [1.82, 2.24) is 9.78 Å². The lowest BCUT2D eigenvalue weighted by Gasteiger charge is -2.09. The van der Waals surface area contributed by atoms with Crippen LogP contribution in [0.5, 0.6) is 0 Å².